The lowest BCUT2D eigenvalue weighted by molar-refractivity contribution is 0.0707. The summed E-state index contributed by atoms with van der Waals surface area (Å²) in [4.78, 5) is 43.7. The Morgan fingerprint density at radius 1 is 1.08 bits per heavy atom. The number of likely N-dealkylation sites (N-methyl/N-ethyl adjacent to an activating group) is 1. The van der Waals surface area contributed by atoms with Crippen molar-refractivity contribution >= 4 is 34.1 Å². The predicted molar refractivity (Wildman–Crippen MR) is 148 cm³/mol. The highest BCUT2D eigenvalue weighted by molar-refractivity contribution is 7.09. The average Bonchev–Trinajstić information content (AvgIpc) is 3.47. The summed E-state index contributed by atoms with van der Waals surface area (Å²) in [5.74, 6) is 0.743. The van der Waals surface area contributed by atoms with Gasteiger partial charge in [-0.2, -0.15) is 0 Å². The SMILES string of the molecule is CCN(CCc1ccccn1)C(=O)c1csc(C2CCN(C(=O)c3cc(OC)c4ccccc4n3)CC2)n1. The maximum Gasteiger partial charge on any atom is 0.273 e. The number of rotatable bonds is 8. The van der Waals surface area contributed by atoms with E-state index in [2.05, 4.69) is 9.97 Å². The van der Waals surface area contributed by atoms with Crippen LogP contribution in [-0.2, 0) is 6.42 Å². The number of nitrogens with zero attached hydrogens (tertiary/aromatic N) is 5. The normalized spacial score (nSPS) is 14.0. The molecule has 0 N–H and O–H groups in total. The van der Waals surface area contributed by atoms with Crippen LogP contribution in [0.1, 0.15) is 57.4 Å². The molecule has 0 aliphatic carbocycles. The molecule has 1 aliphatic heterocycles. The van der Waals surface area contributed by atoms with E-state index < -0.39 is 0 Å². The standard InChI is InChI=1S/C29H31N5O3S/c1-3-33(17-13-21-8-6-7-14-30-21)29(36)25-19-38-27(32-25)20-11-15-34(16-12-20)28(35)24-18-26(37-2)22-9-4-5-10-23(22)31-24/h4-10,14,18-20H,3,11-13,15-17H2,1-2H3. The Balaban J connectivity index is 1.20. The molecule has 1 fully saturated rings. The van der Waals surface area contributed by atoms with E-state index in [4.69, 9.17) is 9.72 Å². The molecule has 8 nitrogen and oxygen atoms in total. The minimum Gasteiger partial charge on any atom is -0.496 e. The lowest BCUT2D eigenvalue weighted by Crippen LogP contribution is -2.38. The maximum atomic E-state index is 13.3. The zero-order valence-electron chi connectivity index (χ0n) is 21.7. The Kier molecular flexibility index (Phi) is 7.93. The van der Waals surface area contributed by atoms with Gasteiger partial charge in [0.2, 0.25) is 0 Å². The van der Waals surface area contributed by atoms with Gasteiger partial charge in [-0.15, -0.1) is 11.3 Å². The van der Waals surface area contributed by atoms with E-state index in [9.17, 15) is 9.59 Å². The van der Waals surface area contributed by atoms with Gasteiger partial charge >= 0.3 is 0 Å². The minimum atomic E-state index is -0.0889. The van der Waals surface area contributed by atoms with Crippen LogP contribution in [-0.4, -0.2) is 69.9 Å². The van der Waals surface area contributed by atoms with Crippen molar-refractivity contribution < 1.29 is 14.3 Å². The van der Waals surface area contributed by atoms with Gasteiger partial charge in [0.15, 0.2) is 0 Å². The number of hydrogen-bond acceptors (Lipinski definition) is 7. The van der Waals surface area contributed by atoms with Gasteiger partial charge < -0.3 is 14.5 Å². The van der Waals surface area contributed by atoms with Crippen LogP contribution in [0.5, 0.6) is 5.75 Å². The summed E-state index contributed by atoms with van der Waals surface area (Å²) < 4.78 is 5.51. The van der Waals surface area contributed by atoms with Gasteiger partial charge in [-0.1, -0.05) is 18.2 Å². The van der Waals surface area contributed by atoms with Crippen molar-refractivity contribution in [1.82, 2.24) is 24.8 Å². The van der Waals surface area contributed by atoms with Crippen molar-refractivity contribution in [2.75, 3.05) is 33.3 Å². The van der Waals surface area contributed by atoms with E-state index >= 15 is 0 Å². The van der Waals surface area contributed by atoms with E-state index in [1.165, 1.54) is 11.3 Å². The number of likely N-dealkylation sites (tertiary alicyclic amines) is 1. The number of piperidine rings is 1. The fourth-order valence-corrected chi connectivity index (χ4v) is 5.81. The van der Waals surface area contributed by atoms with E-state index in [-0.39, 0.29) is 17.7 Å². The van der Waals surface area contributed by atoms with Crippen molar-refractivity contribution in [3.63, 3.8) is 0 Å². The molecule has 1 saturated heterocycles. The maximum absolute atomic E-state index is 13.3. The van der Waals surface area contributed by atoms with Crippen LogP contribution < -0.4 is 4.74 Å². The molecule has 5 rings (SSSR count). The molecule has 1 aliphatic rings. The van der Waals surface area contributed by atoms with Crippen LogP contribution in [0.25, 0.3) is 10.9 Å². The number of benzene rings is 1. The molecular weight excluding hydrogens is 498 g/mol. The van der Waals surface area contributed by atoms with Gasteiger partial charge in [0.1, 0.15) is 17.1 Å². The fourth-order valence-electron chi connectivity index (χ4n) is 4.85. The molecule has 0 spiro atoms. The van der Waals surface area contributed by atoms with Gasteiger partial charge in [-0.3, -0.25) is 14.6 Å². The van der Waals surface area contributed by atoms with Crippen molar-refractivity contribution in [1.29, 1.82) is 0 Å². The van der Waals surface area contributed by atoms with Crippen LogP contribution in [0, 0.1) is 0 Å². The first-order valence-electron chi connectivity index (χ1n) is 12.9. The summed E-state index contributed by atoms with van der Waals surface area (Å²) in [6, 6.07) is 15.2. The second-order valence-corrected chi connectivity index (χ2v) is 10.2. The molecule has 9 heteroatoms. The molecule has 4 heterocycles. The topological polar surface area (TPSA) is 88.5 Å². The summed E-state index contributed by atoms with van der Waals surface area (Å²) in [6.45, 7) is 4.44. The highest BCUT2D eigenvalue weighted by atomic mass is 32.1. The molecular formula is C29H31N5O3S. The van der Waals surface area contributed by atoms with Gasteiger partial charge in [0.25, 0.3) is 11.8 Å². The second kappa shape index (κ2) is 11.7. The Hall–Kier alpha value is -3.85. The first kappa shape index (κ1) is 25.8. The number of fused-ring (bicyclic) bond motifs is 1. The third-order valence-corrected chi connectivity index (χ3v) is 8.03. The molecule has 0 bridgehead atoms. The summed E-state index contributed by atoms with van der Waals surface area (Å²) in [6.07, 6.45) is 4.08. The van der Waals surface area contributed by atoms with Gasteiger partial charge in [-0.05, 0) is 44.0 Å². The molecule has 38 heavy (non-hydrogen) atoms. The summed E-state index contributed by atoms with van der Waals surface area (Å²) in [5, 5.41) is 3.72. The van der Waals surface area contributed by atoms with Crippen molar-refractivity contribution in [3.8, 4) is 5.75 Å². The largest absolute Gasteiger partial charge is 0.496 e. The van der Waals surface area contributed by atoms with E-state index in [0.717, 1.165) is 34.4 Å². The highest BCUT2D eigenvalue weighted by Gasteiger charge is 2.28. The average molecular weight is 530 g/mol. The van der Waals surface area contributed by atoms with Crippen molar-refractivity contribution in [3.05, 3.63) is 82.2 Å². The number of methoxy groups -OCH3 is 1. The zero-order valence-corrected chi connectivity index (χ0v) is 22.5. The van der Waals surface area contributed by atoms with Gasteiger partial charge in [0, 0.05) is 67.2 Å². The summed E-state index contributed by atoms with van der Waals surface area (Å²) in [5.41, 5.74) is 2.60. The fraction of sp³-hybridized carbons (Fsp3) is 0.345. The first-order chi connectivity index (χ1) is 18.6. The molecule has 2 amide bonds. The number of hydrogen-bond donors (Lipinski definition) is 0. The quantitative estimate of drug-likeness (QED) is 0.325. The molecule has 4 aromatic rings. The van der Waals surface area contributed by atoms with E-state index in [0.29, 0.717) is 49.7 Å². The zero-order chi connectivity index (χ0) is 26.5. The Bertz CT molecular complexity index is 1420. The lowest BCUT2D eigenvalue weighted by atomic mass is 9.97. The number of amides is 2. The number of thiazole rings is 1. The van der Waals surface area contributed by atoms with Crippen LogP contribution >= 0.6 is 11.3 Å². The highest BCUT2D eigenvalue weighted by Crippen LogP contribution is 2.32. The molecule has 1 aromatic carbocycles. The summed E-state index contributed by atoms with van der Waals surface area (Å²) in [7, 11) is 1.61. The number of carbonyl (C=O) groups is 2. The molecule has 0 saturated carbocycles. The molecule has 3 aromatic heterocycles. The van der Waals surface area contributed by atoms with E-state index in [1.54, 1.807) is 19.4 Å². The molecule has 0 atom stereocenters. The third kappa shape index (κ3) is 5.52. The molecule has 0 unspecified atom stereocenters. The number of aromatic nitrogens is 3. The van der Waals surface area contributed by atoms with Crippen LogP contribution in [0.4, 0.5) is 0 Å². The van der Waals surface area contributed by atoms with Crippen LogP contribution in [0.2, 0.25) is 0 Å². The predicted octanol–water partition coefficient (Wildman–Crippen LogP) is 4.82. The molecule has 0 radical (unpaired) electrons. The second-order valence-electron chi connectivity index (χ2n) is 9.32. The first-order valence-corrected chi connectivity index (χ1v) is 13.8. The smallest absolute Gasteiger partial charge is 0.273 e. The minimum absolute atomic E-state index is 0.0464. The number of pyridine rings is 2. The Labute approximate surface area is 226 Å². The molecule has 196 valence electrons. The van der Waals surface area contributed by atoms with Gasteiger partial charge in [0.05, 0.1) is 17.6 Å². The van der Waals surface area contributed by atoms with Crippen LogP contribution in [0.15, 0.2) is 60.1 Å². The number of carbonyl (C=O) groups excluding carboxylic acids is 2. The monoisotopic (exact) mass is 529 g/mol. The lowest BCUT2D eigenvalue weighted by Gasteiger charge is -2.31. The van der Waals surface area contributed by atoms with Crippen molar-refractivity contribution in [2.45, 2.75) is 32.1 Å². The summed E-state index contributed by atoms with van der Waals surface area (Å²) >= 11 is 1.54. The van der Waals surface area contributed by atoms with Crippen LogP contribution in [0.3, 0.4) is 0 Å². The third-order valence-electron chi connectivity index (χ3n) is 7.02. The van der Waals surface area contributed by atoms with Crippen molar-refractivity contribution in [2.24, 2.45) is 0 Å². The number of para-hydroxylation sites is 1. The van der Waals surface area contributed by atoms with E-state index in [1.807, 2.05) is 64.6 Å². The van der Waals surface area contributed by atoms with Gasteiger partial charge in [-0.25, -0.2) is 9.97 Å². The number of ether oxygens (including phenoxy) is 1. The Morgan fingerprint density at radius 2 is 1.87 bits per heavy atom. The Morgan fingerprint density at radius 3 is 2.61 bits per heavy atom.